The Morgan fingerprint density at radius 3 is 2.67 bits per heavy atom. The molecule has 1 rings (SSSR count). The molecule has 0 radical (unpaired) electrons. The maximum absolute atomic E-state index is 11.7. The van der Waals surface area contributed by atoms with E-state index in [1.54, 1.807) is 13.2 Å². The quantitative estimate of drug-likeness (QED) is 0.850. The van der Waals surface area contributed by atoms with Crippen molar-refractivity contribution < 1.29 is 14.3 Å². The number of hydrogen-bond donors (Lipinski definition) is 2. The molecule has 0 bridgehead atoms. The maximum Gasteiger partial charge on any atom is 0.243 e. The summed E-state index contributed by atoms with van der Waals surface area (Å²) in [6.45, 7) is 2.12. The third-order valence-corrected chi connectivity index (χ3v) is 2.30. The smallest absolute Gasteiger partial charge is 0.243 e. The van der Waals surface area contributed by atoms with Crippen molar-refractivity contribution in [1.82, 2.24) is 0 Å². The zero-order valence-electron chi connectivity index (χ0n) is 10.7. The van der Waals surface area contributed by atoms with Crippen LogP contribution in [-0.4, -0.2) is 32.8 Å². The number of benzene rings is 1. The van der Waals surface area contributed by atoms with E-state index in [0.717, 1.165) is 5.56 Å². The fraction of sp³-hybridized carbons (Fsp3) is 0.417. The number of hydrogen-bond acceptors (Lipinski definition) is 4. The van der Waals surface area contributed by atoms with E-state index in [4.69, 9.17) is 15.2 Å². The number of rotatable bonds is 5. The van der Waals surface area contributed by atoms with Gasteiger partial charge in [0.25, 0.3) is 0 Å². The van der Waals surface area contributed by atoms with Gasteiger partial charge in [0, 0.05) is 7.11 Å². The Kier molecular flexibility index (Phi) is 7.35. The van der Waals surface area contributed by atoms with Crippen molar-refractivity contribution in [3.8, 4) is 5.75 Å². The highest BCUT2D eigenvalue weighted by Crippen LogP contribution is 2.25. The van der Waals surface area contributed by atoms with E-state index in [-0.39, 0.29) is 24.9 Å². The topological polar surface area (TPSA) is 73.6 Å². The predicted molar refractivity (Wildman–Crippen MR) is 73.5 cm³/mol. The lowest BCUT2D eigenvalue weighted by Gasteiger charge is -2.14. The molecule has 0 saturated carbocycles. The molecule has 1 amide bonds. The van der Waals surface area contributed by atoms with Gasteiger partial charge in [-0.05, 0) is 24.6 Å². The summed E-state index contributed by atoms with van der Waals surface area (Å²) in [6, 6.07) is 4.84. The third-order valence-electron chi connectivity index (χ3n) is 2.30. The van der Waals surface area contributed by atoms with Gasteiger partial charge in [-0.15, -0.1) is 12.4 Å². The highest BCUT2D eigenvalue weighted by molar-refractivity contribution is 5.96. The van der Waals surface area contributed by atoms with Gasteiger partial charge in [-0.3, -0.25) is 4.79 Å². The maximum atomic E-state index is 11.7. The minimum absolute atomic E-state index is 0. The van der Waals surface area contributed by atoms with Crippen LogP contribution in [0.15, 0.2) is 18.2 Å². The van der Waals surface area contributed by atoms with Crippen LogP contribution in [0.5, 0.6) is 5.75 Å². The van der Waals surface area contributed by atoms with E-state index in [9.17, 15) is 4.79 Å². The van der Waals surface area contributed by atoms with E-state index in [2.05, 4.69) is 5.32 Å². The van der Waals surface area contributed by atoms with Gasteiger partial charge in [-0.2, -0.15) is 0 Å². The summed E-state index contributed by atoms with van der Waals surface area (Å²) in [5, 5.41) is 2.72. The van der Waals surface area contributed by atoms with Gasteiger partial charge in [-0.25, -0.2) is 0 Å². The Morgan fingerprint density at radius 2 is 2.11 bits per heavy atom. The Morgan fingerprint density at radius 1 is 1.44 bits per heavy atom. The summed E-state index contributed by atoms with van der Waals surface area (Å²) in [7, 11) is 3.05. The van der Waals surface area contributed by atoms with Crippen molar-refractivity contribution >= 4 is 24.0 Å². The third kappa shape index (κ3) is 4.52. The molecule has 102 valence electrons. The van der Waals surface area contributed by atoms with E-state index >= 15 is 0 Å². The first-order valence-electron chi connectivity index (χ1n) is 5.28. The number of carbonyl (C=O) groups excluding carboxylic acids is 1. The number of amides is 1. The lowest BCUT2D eigenvalue weighted by molar-refractivity contribution is -0.118. The molecule has 0 saturated heterocycles. The van der Waals surface area contributed by atoms with Crippen LogP contribution in [0, 0.1) is 6.92 Å². The molecule has 6 heteroatoms. The van der Waals surface area contributed by atoms with Crippen molar-refractivity contribution in [2.75, 3.05) is 26.1 Å². The average molecular weight is 275 g/mol. The van der Waals surface area contributed by atoms with Crippen LogP contribution in [0.3, 0.4) is 0 Å². The van der Waals surface area contributed by atoms with Crippen LogP contribution in [0.1, 0.15) is 5.56 Å². The van der Waals surface area contributed by atoms with Crippen LogP contribution in [0.2, 0.25) is 0 Å². The molecule has 0 aliphatic rings. The normalized spacial score (nSPS) is 11.3. The fourth-order valence-electron chi connectivity index (χ4n) is 1.40. The van der Waals surface area contributed by atoms with Gasteiger partial charge in [-0.1, -0.05) is 6.07 Å². The number of anilines is 1. The highest BCUT2D eigenvalue weighted by Gasteiger charge is 2.15. The number of methoxy groups -OCH3 is 2. The van der Waals surface area contributed by atoms with Gasteiger partial charge < -0.3 is 20.5 Å². The average Bonchev–Trinajstić information content (AvgIpc) is 2.29. The summed E-state index contributed by atoms with van der Waals surface area (Å²) in [6.07, 6.45) is 0. The van der Waals surface area contributed by atoms with Gasteiger partial charge in [0.15, 0.2) is 0 Å². The standard InChI is InChI=1S/C12H18N2O3.ClH/c1-8-4-5-11(17-3)10(6-8)14-12(15)9(13)7-16-2;/h4-6,9H,7,13H2,1-3H3,(H,14,15);1H. The molecule has 0 spiro atoms. The van der Waals surface area contributed by atoms with Crippen molar-refractivity contribution in [3.63, 3.8) is 0 Å². The lowest BCUT2D eigenvalue weighted by atomic mass is 10.2. The van der Waals surface area contributed by atoms with Crippen LogP contribution in [0.4, 0.5) is 5.69 Å². The molecule has 0 aliphatic heterocycles. The Balaban J connectivity index is 0.00000289. The van der Waals surface area contributed by atoms with Crippen molar-refractivity contribution in [3.05, 3.63) is 23.8 Å². The van der Waals surface area contributed by atoms with Crippen LogP contribution >= 0.6 is 12.4 Å². The molecule has 18 heavy (non-hydrogen) atoms. The second-order valence-corrected chi connectivity index (χ2v) is 3.75. The minimum Gasteiger partial charge on any atom is -0.495 e. The number of carbonyl (C=O) groups is 1. The van der Waals surface area contributed by atoms with Gasteiger partial charge >= 0.3 is 0 Å². The molecule has 5 nitrogen and oxygen atoms in total. The Bertz CT molecular complexity index is 399. The Hall–Kier alpha value is -1.30. The molecular formula is C12H19ClN2O3. The Labute approximate surface area is 113 Å². The molecular weight excluding hydrogens is 256 g/mol. The van der Waals surface area contributed by atoms with E-state index in [0.29, 0.717) is 11.4 Å². The number of aryl methyl sites for hydroxylation is 1. The first kappa shape index (κ1) is 16.7. The largest absolute Gasteiger partial charge is 0.495 e. The molecule has 0 aromatic heterocycles. The second-order valence-electron chi connectivity index (χ2n) is 3.75. The van der Waals surface area contributed by atoms with Crippen LogP contribution in [0.25, 0.3) is 0 Å². The van der Waals surface area contributed by atoms with E-state index < -0.39 is 6.04 Å². The summed E-state index contributed by atoms with van der Waals surface area (Å²) in [4.78, 5) is 11.7. The molecule has 0 aliphatic carbocycles. The molecule has 1 unspecified atom stereocenters. The van der Waals surface area contributed by atoms with Gasteiger partial charge in [0.05, 0.1) is 19.4 Å². The molecule has 0 fully saturated rings. The van der Waals surface area contributed by atoms with Crippen LogP contribution in [-0.2, 0) is 9.53 Å². The number of halogens is 1. The lowest BCUT2D eigenvalue weighted by Crippen LogP contribution is -2.39. The van der Waals surface area contributed by atoms with E-state index in [1.165, 1.54) is 7.11 Å². The van der Waals surface area contributed by atoms with Crippen molar-refractivity contribution in [1.29, 1.82) is 0 Å². The number of ether oxygens (including phenoxy) is 2. The van der Waals surface area contributed by atoms with Gasteiger partial charge in [0.2, 0.25) is 5.91 Å². The minimum atomic E-state index is -0.690. The monoisotopic (exact) mass is 274 g/mol. The fourth-order valence-corrected chi connectivity index (χ4v) is 1.40. The first-order valence-corrected chi connectivity index (χ1v) is 5.28. The zero-order valence-corrected chi connectivity index (χ0v) is 11.5. The molecule has 0 heterocycles. The summed E-state index contributed by atoms with van der Waals surface area (Å²) in [5.74, 6) is 0.310. The zero-order chi connectivity index (χ0) is 12.8. The summed E-state index contributed by atoms with van der Waals surface area (Å²) < 4.78 is 9.98. The molecule has 3 N–H and O–H groups in total. The summed E-state index contributed by atoms with van der Waals surface area (Å²) in [5.41, 5.74) is 7.27. The number of nitrogens with one attached hydrogen (secondary N) is 1. The second kappa shape index (κ2) is 7.92. The molecule has 1 aromatic carbocycles. The molecule has 1 aromatic rings. The predicted octanol–water partition coefficient (Wildman–Crippen LogP) is 1.34. The van der Waals surface area contributed by atoms with Gasteiger partial charge in [0.1, 0.15) is 11.8 Å². The first-order chi connectivity index (χ1) is 8.08. The highest BCUT2D eigenvalue weighted by atomic mass is 35.5. The SMILES string of the molecule is COCC(N)C(=O)Nc1cc(C)ccc1OC.Cl. The summed E-state index contributed by atoms with van der Waals surface area (Å²) >= 11 is 0. The molecule has 1 atom stereocenters. The van der Waals surface area contributed by atoms with E-state index in [1.807, 2.05) is 19.1 Å². The van der Waals surface area contributed by atoms with Crippen molar-refractivity contribution in [2.24, 2.45) is 5.73 Å². The van der Waals surface area contributed by atoms with Crippen molar-refractivity contribution in [2.45, 2.75) is 13.0 Å². The number of nitrogens with two attached hydrogens (primary N) is 1. The van der Waals surface area contributed by atoms with Crippen LogP contribution < -0.4 is 15.8 Å².